The number of hydrogen-bond donors (Lipinski definition) is 2. The molecule has 0 fully saturated rings. The maximum atomic E-state index is 6.09. The van der Waals surface area contributed by atoms with Gasteiger partial charge in [0.2, 0.25) is 0 Å². The summed E-state index contributed by atoms with van der Waals surface area (Å²) in [4.78, 5) is 9.95. The quantitative estimate of drug-likeness (QED) is 0.323. The van der Waals surface area contributed by atoms with E-state index in [1.807, 2.05) is 43.1 Å². The fourth-order valence-electron chi connectivity index (χ4n) is 3.56. The van der Waals surface area contributed by atoms with Crippen molar-refractivity contribution in [2.24, 2.45) is 12.0 Å². The first-order valence-electron chi connectivity index (χ1n) is 9.91. The molecule has 0 spiro atoms. The minimum Gasteiger partial charge on any atom is -0.497 e. The van der Waals surface area contributed by atoms with E-state index in [0.717, 1.165) is 65.0 Å². The van der Waals surface area contributed by atoms with E-state index in [-0.39, 0.29) is 0 Å². The number of rotatable bonds is 8. The maximum Gasteiger partial charge on any atom is 0.193 e. The van der Waals surface area contributed by atoms with Crippen molar-refractivity contribution in [1.29, 1.82) is 0 Å². The zero-order valence-electron chi connectivity index (χ0n) is 18.3. The van der Waals surface area contributed by atoms with Crippen LogP contribution in [-0.2, 0) is 20.0 Å². The first-order valence-corrected chi connectivity index (χ1v) is 10.3. The van der Waals surface area contributed by atoms with Crippen molar-refractivity contribution in [3.05, 3.63) is 46.9 Å². The predicted molar refractivity (Wildman–Crippen MR) is 123 cm³/mol. The third-order valence-electron chi connectivity index (χ3n) is 5.14. The molecule has 0 aliphatic carbocycles. The number of fused-ring (bicyclic) bond motifs is 1. The Morgan fingerprint density at radius 3 is 2.67 bits per heavy atom. The lowest BCUT2D eigenvalue weighted by Gasteiger charge is -2.22. The Labute approximate surface area is 182 Å². The second-order valence-corrected chi connectivity index (χ2v) is 7.72. The second-order valence-electron chi connectivity index (χ2n) is 7.28. The molecule has 2 N–H and O–H groups in total. The molecule has 0 saturated heterocycles. The number of aromatic amines is 1. The molecular formula is C22H30ClN5O2. The normalized spacial score (nSPS) is 11.7. The minimum absolute atomic E-state index is 0.729. The van der Waals surface area contributed by atoms with E-state index in [1.54, 1.807) is 21.3 Å². The van der Waals surface area contributed by atoms with Crippen LogP contribution in [0.5, 0.6) is 11.5 Å². The van der Waals surface area contributed by atoms with E-state index < -0.39 is 0 Å². The summed E-state index contributed by atoms with van der Waals surface area (Å²) in [6.45, 7) is 1.55. The van der Waals surface area contributed by atoms with Crippen molar-refractivity contribution in [2.75, 3.05) is 34.9 Å². The Hall–Kier alpha value is -2.80. The summed E-state index contributed by atoms with van der Waals surface area (Å²) < 4.78 is 12.9. The van der Waals surface area contributed by atoms with Gasteiger partial charge in [-0.25, -0.2) is 0 Å². The molecule has 0 saturated carbocycles. The highest BCUT2D eigenvalue weighted by atomic mass is 35.5. The van der Waals surface area contributed by atoms with Gasteiger partial charge in [0.25, 0.3) is 0 Å². The Balaban J connectivity index is 1.55. The van der Waals surface area contributed by atoms with Gasteiger partial charge in [-0.2, -0.15) is 0 Å². The number of halogens is 1. The largest absolute Gasteiger partial charge is 0.497 e. The number of benzene rings is 1. The number of aliphatic imine (C=N–C) groups is 1. The van der Waals surface area contributed by atoms with Crippen molar-refractivity contribution in [2.45, 2.75) is 19.4 Å². The number of aryl methyl sites for hydroxylation is 2. The third-order valence-corrected chi connectivity index (χ3v) is 5.34. The minimum atomic E-state index is 0.729. The fraction of sp³-hybridized carbons (Fsp3) is 0.409. The van der Waals surface area contributed by atoms with Crippen LogP contribution in [0, 0.1) is 0 Å². The van der Waals surface area contributed by atoms with Crippen molar-refractivity contribution in [1.82, 2.24) is 19.8 Å². The van der Waals surface area contributed by atoms with Crippen LogP contribution in [-0.4, -0.2) is 55.3 Å². The van der Waals surface area contributed by atoms with Gasteiger partial charge in [0, 0.05) is 62.8 Å². The number of ether oxygens (including phenoxy) is 2. The van der Waals surface area contributed by atoms with Crippen LogP contribution in [0.15, 0.2) is 35.5 Å². The van der Waals surface area contributed by atoms with Gasteiger partial charge in [-0.05, 0) is 25.0 Å². The highest BCUT2D eigenvalue weighted by Gasteiger charge is 2.11. The van der Waals surface area contributed by atoms with Gasteiger partial charge in [0.15, 0.2) is 5.96 Å². The van der Waals surface area contributed by atoms with E-state index in [9.17, 15) is 0 Å². The molecule has 8 heteroatoms. The third kappa shape index (κ3) is 5.02. The predicted octanol–water partition coefficient (Wildman–Crippen LogP) is 3.82. The van der Waals surface area contributed by atoms with Crippen LogP contribution < -0.4 is 14.8 Å². The van der Waals surface area contributed by atoms with Crippen LogP contribution in [0.3, 0.4) is 0 Å². The smallest absolute Gasteiger partial charge is 0.193 e. The lowest BCUT2D eigenvalue weighted by molar-refractivity contribution is 0.398. The highest BCUT2D eigenvalue weighted by molar-refractivity contribution is 6.30. The molecular weight excluding hydrogens is 402 g/mol. The zero-order chi connectivity index (χ0) is 21.7. The summed E-state index contributed by atoms with van der Waals surface area (Å²) in [5.74, 6) is 2.45. The molecule has 162 valence electrons. The standard InChI is InChI=1S/C22H30ClN5O2/c1-24-22(28(3)14-17-9-15(23)13-27(17)2)25-8-6-7-16-10-19-20(26-16)11-18(29-4)12-21(19)30-5/h9-13,26H,6-8,14H2,1-5H3,(H,24,25). The van der Waals surface area contributed by atoms with Gasteiger partial charge in [-0.3, -0.25) is 4.99 Å². The monoisotopic (exact) mass is 431 g/mol. The summed E-state index contributed by atoms with van der Waals surface area (Å²) in [6.07, 6.45) is 3.79. The molecule has 0 radical (unpaired) electrons. The topological polar surface area (TPSA) is 66.8 Å². The molecule has 0 aliphatic rings. The van der Waals surface area contributed by atoms with Crippen LogP contribution >= 0.6 is 11.6 Å². The fourth-order valence-corrected chi connectivity index (χ4v) is 3.84. The van der Waals surface area contributed by atoms with Gasteiger partial charge in [-0.15, -0.1) is 0 Å². The number of aromatic nitrogens is 2. The van der Waals surface area contributed by atoms with Gasteiger partial charge in [0.1, 0.15) is 11.5 Å². The molecule has 3 rings (SSSR count). The van der Waals surface area contributed by atoms with E-state index in [0.29, 0.717) is 0 Å². The number of methoxy groups -OCH3 is 2. The van der Waals surface area contributed by atoms with Gasteiger partial charge < -0.3 is 29.2 Å². The Kier molecular flexibility index (Phi) is 7.15. The van der Waals surface area contributed by atoms with E-state index >= 15 is 0 Å². The van der Waals surface area contributed by atoms with Crippen LogP contribution in [0.25, 0.3) is 10.9 Å². The first-order chi connectivity index (χ1) is 14.4. The lowest BCUT2D eigenvalue weighted by atomic mass is 10.2. The van der Waals surface area contributed by atoms with E-state index in [2.05, 4.69) is 26.3 Å². The number of nitrogens with zero attached hydrogens (tertiary/aromatic N) is 3. The molecule has 0 unspecified atom stereocenters. The van der Waals surface area contributed by atoms with Crippen LogP contribution in [0.1, 0.15) is 17.8 Å². The molecule has 2 heterocycles. The highest BCUT2D eigenvalue weighted by Crippen LogP contribution is 2.31. The maximum absolute atomic E-state index is 6.09. The van der Waals surface area contributed by atoms with Crippen LogP contribution in [0.2, 0.25) is 5.02 Å². The molecule has 30 heavy (non-hydrogen) atoms. The number of hydrogen-bond acceptors (Lipinski definition) is 3. The van der Waals surface area contributed by atoms with Gasteiger partial charge in [-0.1, -0.05) is 11.6 Å². The number of H-pyrrole nitrogens is 1. The van der Waals surface area contributed by atoms with Gasteiger partial charge in [0.05, 0.1) is 31.3 Å². The molecule has 1 aromatic carbocycles. The van der Waals surface area contributed by atoms with E-state index in [4.69, 9.17) is 21.1 Å². The Morgan fingerprint density at radius 1 is 1.23 bits per heavy atom. The van der Waals surface area contributed by atoms with Crippen molar-refractivity contribution < 1.29 is 9.47 Å². The second kappa shape index (κ2) is 9.80. The summed E-state index contributed by atoms with van der Waals surface area (Å²) in [5, 5.41) is 5.25. The molecule has 0 bridgehead atoms. The zero-order valence-corrected chi connectivity index (χ0v) is 19.0. The summed E-state index contributed by atoms with van der Waals surface area (Å²) in [7, 11) is 9.15. The lowest BCUT2D eigenvalue weighted by Crippen LogP contribution is -2.39. The summed E-state index contributed by atoms with van der Waals surface area (Å²) >= 11 is 6.09. The Morgan fingerprint density at radius 2 is 2.03 bits per heavy atom. The average molecular weight is 432 g/mol. The van der Waals surface area contributed by atoms with Crippen molar-refractivity contribution >= 4 is 28.5 Å². The number of nitrogens with one attached hydrogen (secondary N) is 2. The molecule has 3 aromatic rings. The molecule has 0 aliphatic heterocycles. The Bertz CT molecular complexity index is 1020. The molecule has 0 atom stereocenters. The first kappa shape index (κ1) is 21.9. The van der Waals surface area contributed by atoms with Crippen molar-refractivity contribution in [3.8, 4) is 11.5 Å². The molecule has 2 aromatic heterocycles. The van der Waals surface area contributed by atoms with Crippen LogP contribution in [0.4, 0.5) is 0 Å². The van der Waals surface area contributed by atoms with E-state index in [1.165, 1.54) is 5.69 Å². The SMILES string of the molecule is CN=C(NCCCc1cc2c(OC)cc(OC)cc2[nH]1)N(C)Cc1cc(Cl)cn1C. The summed E-state index contributed by atoms with van der Waals surface area (Å²) in [6, 6.07) is 8.02. The number of guanidine groups is 1. The average Bonchev–Trinajstić information content (AvgIpc) is 3.28. The summed E-state index contributed by atoms with van der Waals surface area (Å²) in [5.41, 5.74) is 3.32. The molecule has 7 nitrogen and oxygen atoms in total. The van der Waals surface area contributed by atoms with Gasteiger partial charge >= 0.3 is 0 Å². The van der Waals surface area contributed by atoms with Crippen molar-refractivity contribution in [3.63, 3.8) is 0 Å². The molecule has 0 amide bonds.